The van der Waals surface area contributed by atoms with Crippen LogP contribution >= 0.6 is 46.3 Å². The molecule has 0 saturated carbocycles. The Labute approximate surface area is 254 Å². The third-order valence-corrected chi connectivity index (χ3v) is 9.43. The van der Waals surface area contributed by atoms with E-state index in [1.807, 2.05) is 13.8 Å². The summed E-state index contributed by atoms with van der Waals surface area (Å²) in [6, 6.07) is 13.2. The van der Waals surface area contributed by atoms with Gasteiger partial charge >= 0.3 is 0 Å². The number of para-hydroxylation sites is 1. The molecule has 1 unspecified atom stereocenters. The van der Waals surface area contributed by atoms with E-state index in [2.05, 4.69) is 21.6 Å². The Morgan fingerprint density at radius 1 is 1.22 bits per heavy atom. The Balaban J connectivity index is 1.50. The highest BCUT2D eigenvalue weighted by atomic mass is 35.5. The SMILES string of the molecule is CC1(C)CC(=O)C2=C(C1)N(c1nnc(SCC(=O)Nc3ccccc3Cl)s1)C(N)=C(C#N)C2c1c(F)cccc1Cl. The minimum absolute atomic E-state index is 0.00710. The smallest absolute Gasteiger partial charge is 0.234 e. The second-order valence-corrected chi connectivity index (χ2v) is 13.3. The number of halogens is 3. The van der Waals surface area contributed by atoms with Crippen LogP contribution in [0.1, 0.15) is 38.2 Å². The van der Waals surface area contributed by atoms with Gasteiger partial charge in [0, 0.05) is 28.3 Å². The fourth-order valence-electron chi connectivity index (χ4n) is 5.03. The average Bonchev–Trinajstić information content (AvgIpc) is 3.36. The maximum absolute atomic E-state index is 15.2. The molecule has 5 rings (SSSR count). The van der Waals surface area contributed by atoms with E-state index in [1.54, 1.807) is 29.2 Å². The van der Waals surface area contributed by atoms with Crippen molar-refractivity contribution in [3.63, 3.8) is 0 Å². The van der Waals surface area contributed by atoms with Crippen molar-refractivity contribution in [1.29, 1.82) is 5.26 Å². The highest BCUT2D eigenvalue weighted by Crippen LogP contribution is 2.52. The zero-order valence-corrected chi connectivity index (χ0v) is 25.0. The van der Waals surface area contributed by atoms with Crippen molar-refractivity contribution in [2.75, 3.05) is 16.0 Å². The third kappa shape index (κ3) is 5.70. The molecule has 2 heterocycles. The largest absolute Gasteiger partial charge is 0.384 e. The van der Waals surface area contributed by atoms with E-state index < -0.39 is 17.2 Å². The van der Waals surface area contributed by atoms with Crippen LogP contribution in [0.3, 0.4) is 0 Å². The molecule has 2 aromatic carbocycles. The molecule has 0 saturated heterocycles. The number of rotatable bonds is 6. The molecule has 13 heteroatoms. The van der Waals surface area contributed by atoms with Crippen molar-refractivity contribution >= 4 is 68.8 Å². The summed E-state index contributed by atoms with van der Waals surface area (Å²) in [6.45, 7) is 3.91. The van der Waals surface area contributed by atoms with Crippen molar-refractivity contribution in [3.05, 3.63) is 86.6 Å². The van der Waals surface area contributed by atoms with Gasteiger partial charge in [-0.3, -0.25) is 14.5 Å². The van der Waals surface area contributed by atoms with E-state index >= 15 is 4.39 Å². The van der Waals surface area contributed by atoms with Crippen LogP contribution in [0.15, 0.2) is 69.5 Å². The van der Waals surface area contributed by atoms with Crippen LogP contribution < -0.4 is 16.0 Å². The number of amides is 1. The van der Waals surface area contributed by atoms with Gasteiger partial charge in [-0.2, -0.15) is 5.26 Å². The molecule has 0 spiro atoms. The molecule has 1 aliphatic carbocycles. The molecule has 0 bridgehead atoms. The summed E-state index contributed by atoms with van der Waals surface area (Å²) >= 11 is 14.9. The Morgan fingerprint density at radius 2 is 1.95 bits per heavy atom. The highest BCUT2D eigenvalue weighted by Gasteiger charge is 2.46. The van der Waals surface area contributed by atoms with Gasteiger partial charge in [-0.05, 0) is 36.1 Å². The number of carbonyl (C=O) groups excluding carboxylic acids is 2. The zero-order valence-electron chi connectivity index (χ0n) is 21.9. The average molecular weight is 630 g/mol. The molecule has 1 aliphatic heterocycles. The number of allylic oxidation sites excluding steroid dienone is 3. The van der Waals surface area contributed by atoms with E-state index in [0.29, 0.717) is 32.3 Å². The van der Waals surface area contributed by atoms with E-state index in [-0.39, 0.29) is 51.4 Å². The number of thioether (sulfide) groups is 1. The molecular formula is C28H23Cl2FN6O2S2. The standard InChI is InChI=1S/C28H23Cl2FN6O2S2/c1-28(2)10-19-24(20(38)11-28)22(23-16(30)7-5-8-17(23)31)14(12-32)25(33)37(19)26-35-36-27(41-26)40-13-21(39)34-18-9-4-3-6-15(18)29/h3-9,22H,10-11,13,33H2,1-2H3,(H,34,39). The Bertz CT molecular complexity index is 1660. The van der Waals surface area contributed by atoms with E-state index in [0.717, 1.165) is 11.3 Å². The lowest BCUT2D eigenvalue weighted by molar-refractivity contribution is -0.118. The zero-order chi connectivity index (χ0) is 29.5. The normalized spacial score (nSPS) is 18.3. The quantitative estimate of drug-likeness (QED) is 0.290. The number of nitrogens with zero attached hydrogens (tertiary/aromatic N) is 4. The molecule has 1 amide bonds. The monoisotopic (exact) mass is 628 g/mol. The van der Waals surface area contributed by atoms with Crippen LogP contribution in [-0.2, 0) is 9.59 Å². The number of aromatic nitrogens is 2. The predicted octanol–water partition coefficient (Wildman–Crippen LogP) is 6.66. The summed E-state index contributed by atoms with van der Waals surface area (Å²) in [5.74, 6) is -2.13. The highest BCUT2D eigenvalue weighted by molar-refractivity contribution is 8.01. The molecule has 210 valence electrons. The van der Waals surface area contributed by atoms with Gasteiger partial charge in [-0.1, -0.05) is 78.3 Å². The van der Waals surface area contributed by atoms with Gasteiger partial charge in [0.1, 0.15) is 11.6 Å². The maximum Gasteiger partial charge on any atom is 0.234 e. The molecule has 0 radical (unpaired) electrons. The maximum atomic E-state index is 15.2. The molecule has 2 aliphatic rings. The molecule has 1 aromatic heterocycles. The predicted molar refractivity (Wildman–Crippen MR) is 159 cm³/mol. The van der Waals surface area contributed by atoms with Crippen LogP contribution in [-0.4, -0.2) is 27.6 Å². The molecule has 3 aromatic rings. The van der Waals surface area contributed by atoms with Crippen LogP contribution in [0.2, 0.25) is 10.0 Å². The number of hydrogen-bond acceptors (Lipinski definition) is 9. The van der Waals surface area contributed by atoms with Gasteiger partial charge in [0.25, 0.3) is 0 Å². The lowest BCUT2D eigenvalue weighted by atomic mass is 9.68. The van der Waals surface area contributed by atoms with Gasteiger partial charge < -0.3 is 11.1 Å². The number of anilines is 2. The van der Waals surface area contributed by atoms with Gasteiger partial charge in [0.2, 0.25) is 11.0 Å². The van der Waals surface area contributed by atoms with Gasteiger partial charge in [0.05, 0.1) is 34.0 Å². The first kappa shape index (κ1) is 29.1. The molecule has 8 nitrogen and oxygen atoms in total. The summed E-state index contributed by atoms with van der Waals surface area (Å²) in [5, 5.41) is 22.3. The van der Waals surface area contributed by atoms with Crippen molar-refractivity contribution < 1.29 is 14.0 Å². The van der Waals surface area contributed by atoms with Crippen molar-refractivity contribution in [2.24, 2.45) is 11.1 Å². The van der Waals surface area contributed by atoms with E-state index in [9.17, 15) is 14.9 Å². The second-order valence-electron chi connectivity index (χ2n) is 10.3. The molecular weight excluding hydrogens is 606 g/mol. The molecule has 3 N–H and O–H groups in total. The van der Waals surface area contributed by atoms with Gasteiger partial charge in [-0.25, -0.2) is 4.39 Å². The van der Waals surface area contributed by atoms with Crippen molar-refractivity contribution in [3.8, 4) is 6.07 Å². The van der Waals surface area contributed by atoms with E-state index in [4.69, 9.17) is 28.9 Å². The Kier molecular flexibility index (Phi) is 8.12. The molecule has 41 heavy (non-hydrogen) atoms. The number of Topliss-reactive ketones (excluding diaryl/α,β-unsaturated/α-hetero) is 1. The first-order valence-corrected chi connectivity index (χ1v) is 15.0. The number of ketones is 1. The second kappa shape index (κ2) is 11.4. The summed E-state index contributed by atoms with van der Waals surface area (Å²) in [6.07, 6.45) is 0.622. The number of carbonyl (C=O) groups is 2. The minimum atomic E-state index is -1.06. The fraction of sp³-hybridized carbons (Fsp3) is 0.250. The Hall–Kier alpha value is -3.43. The fourth-order valence-corrected chi connectivity index (χ4v) is 7.17. The molecule has 1 atom stereocenters. The van der Waals surface area contributed by atoms with Crippen molar-refractivity contribution in [2.45, 2.75) is 36.9 Å². The number of nitrogens with two attached hydrogens (primary N) is 1. The van der Waals surface area contributed by atoms with Crippen LogP contribution in [0.4, 0.5) is 15.2 Å². The minimum Gasteiger partial charge on any atom is -0.384 e. The summed E-state index contributed by atoms with van der Waals surface area (Å²) < 4.78 is 15.7. The van der Waals surface area contributed by atoms with Crippen LogP contribution in [0.5, 0.6) is 0 Å². The number of benzene rings is 2. The van der Waals surface area contributed by atoms with Gasteiger partial charge in [0.15, 0.2) is 10.1 Å². The summed E-state index contributed by atoms with van der Waals surface area (Å²) in [5.41, 5.74) is 7.49. The van der Waals surface area contributed by atoms with Crippen LogP contribution in [0, 0.1) is 22.6 Å². The number of hydrogen-bond donors (Lipinski definition) is 2. The first-order chi connectivity index (χ1) is 19.5. The third-order valence-electron chi connectivity index (χ3n) is 6.73. The van der Waals surface area contributed by atoms with E-state index in [1.165, 1.54) is 30.0 Å². The lowest BCUT2D eigenvalue weighted by Gasteiger charge is -2.42. The summed E-state index contributed by atoms with van der Waals surface area (Å²) in [7, 11) is 0. The molecule has 0 fully saturated rings. The Morgan fingerprint density at radius 3 is 2.66 bits per heavy atom. The number of nitriles is 1. The van der Waals surface area contributed by atoms with Crippen molar-refractivity contribution in [1.82, 2.24) is 10.2 Å². The first-order valence-electron chi connectivity index (χ1n) is 12.4. The number of nitrogens with one attached hydrogen (secondary N) is 1. The summed E-state index contributed by atoms with van der Waals surface area (Å²) in [4.78, 5) is 27.7. The lowest BCUT2D eigenvalue weighted by Crippen LogP contribution is -2.42. The topological polar surface area (TPSA) is 125 Å². The van der Waals surface area contributed by atoms with Crippen LogP contribution in [0.25, 0.3) is 0 Å². The van der Waals surface area contributed by atoms with Gasteiger partial charge in [-0.15, -0.1) is 10.2 Å².